The summed E-state index contributed by atoms with van der Waals surface area (Å²) in [7, 11) is 0. The summed E-state index contributed by atoms with van der Waals surface area (Å²) in [5.41, 5.74) is 6.07. The summed E-state index contributed by atoms with van der Waals surface area (Å²) in [4.78, 5) is 4.17. The molecule has 0 fully saturated rings. The summed E-state index contributed by atoms with van der Waals surface area (Å²) in [6.45, 7) is 1.03. The minimum absolute atomic E-state index is 0.483. The first-order valence-electron chi connectivity index (χ1n) is 4.05. The van der Waals surface area contributed by atoms with E-state index >= 15 is 0 Å². The number of oxazole rings is 1. The second-order valence-corrected chi connectivity index (χ2v) is 2.59. The Hall–Kier alpha value is -1.55. The van der Waals surface area contributed by atoms with Gasteiger partial charge in [0.2, 0.25) is 5.89 Å². The number of hydrogen-bond acceptors (Lipinski definition) is 4. The molecule has 0 unspecified atom stereocenters. The molecule has 0 aliphatic carbocycles. The van der Waals surface area contributed by atoms with Crippen molar-refractivity contribution >= 4 is 18.4 Å². The van der Waals surface area contributed by atoms with Gasteiger partial charge in [-0.25, -0.2) is 4.98 Å². The molecule has 0 atom stereocenters. The first-order valence-corrected chi connectivity index (χ1v) is 4.05. The molecule has 1 aliphatic rings. The van der Waals surface area contributed by atoms with Crippen LogP contribution in [-0.2, 0) is 4.74 Å². The van der Waals surface area contributed by atoms with Crippen molar-refractivity contribution in [2.24, 2.45) is 5.73 Å². The van der Waals surface area contributed by atoms with Crippen LogP contribution in [0.1, 0.15) is 5.89 Å². The van der Waals surface area contributed by atoms with Crippen LogP contribution in [0.2, 0.25) is 0 Å². The van der Waals surface area contributed by atoms with Gasteiger partial charge in [-0.15, -0.1) is 0 Å². The topological polar surface area (TPSA) is 61.3 Å². The van der Waals surface area contributed by atoms with Crippen LogP contribution in [0.5, 0.6) is 0 Å². The molecule has 0 radical (unpaired) electrons. The number of nitrogens with zero attached hydrogens (tertiary/aromatic N) is 1. The van der Waals surface area contributed by atoms with Crippen LogP contribution in [0.3, 0.4) is 0 Å². The quantitative estimate of drug-likeness (QED) is 0.643. The molecule has 1 aliphatic heterocycles. The summed E-state index contributed by atoms with van der Waals surface area (Å²) >= 11 is 0. The highest BCUT2D eigenvalue weighted by Gasteiger charge is 2.00. The highest BCUT2D eigenvalue weighted by molar-refractivity contribution is 5.39. The molecule has 2 rings (SSSR count). The summed E-state index contributed by atoms with van der Waals surface area (Å²) in [6, 6.07) is 0. The standard InChI is InChI=1S/C9H10N2O2/c10-4-1-2-9-11-7-6-12-5-3-8(7)13-9/h1-3,6H,4-5,10H2. The van der Waals surface area contributed by atoms with Gasteiger partial charge in [0.1, 0.15) is 18.2 Å². The van der Waals surface area contributed by atoms with Crippen LogP contribution < -0.4 is 16.5 Å². The van der Waals surface area contributed by atoms with Crippen molar-refractivity contribution in [1.82, 2.24) is 4.98 Å². The van der Waals surface area contributed by atoms with E-state index in [4.69, 9.17) is 14.9 Å². The average molecular weight is 178 g/mol. The van der Waals surface area contributed by atoms with Gasteiger partial charge in [0.25, 0.3) is 0 Å². The SMILES string of the molecule is NCC=Cc1nc2c(o1)=CCOC=2. The maximum absolute atomic E-state index is 5.39. The van der Waals surface area contributed by atoms with Gasteiger partial charge in [0.05, 0.1) is 0 Å². The Morgan fingerprint density at radius 2 is 2.54 bits per heavy atom. The molecule has 0 spiro atoms. The molecule has 4 nitrogen and oxygen atoms in total. The van der Waals surface area contributed by atoms with Crippen molar-refractivity contribution in [2.75, 3.05) is 13.2 Å². The molecule has 0 aromatic carbocycles. The monoisotopic (exact) mass is 178 g/mol. The molecule has 0 bridgehead atoms. The van der Waals surface area contributed by atoms with Gasteiger partial charge in [-0.05, 0) is 12.2 Å². The fourth-order valence-electron chi connectivity index (χ4n) is 1.08. The Labute approximate surface area is 75.0 Å². The Bertz CT molecular complexity index is 397. The Balaban J connectivity index is 2.42. The van der Waals surface area contributed by atoms with E-state index < -0.39 is 0 Å². The maximum atomic E-state index is 5.39. The highest BCUT2D eigenvalue weighted by Crippen LogP contribution is 1.92. The molecule has 2 N–H and O–H groups in total. The predicted octanol–water partition coefficient (Wildman–Crippen LogP) is -0.805. The lowest BCUT2D eigenvalue weighted by molar-refractivity contribution is 0.340. The molecule has 68 valence electrons. The summed E-state index contributed by atoms with van der Waals surface area (Å²) in [6.07, 6.45) is 6.98. The molecule has 0 amide bonds. The summed E-state index contributed by atoms with van der Waals surface area (Å²) in [5, 5.41) is 0.739. The van der Waals surface area contributed by atoms with Crippen molar-refractivity contribution in [3.63, 3.8) is 0 Å². The molecule has 4 heteroatoms. The third-order valence-corrected chi connectivity index (χ3v) is 1.65. The lowest BCUT2D eigenvalue weighted by Gasteiger charge is -1.94. The van der Waals surface area contributed by atoms with E-state index in [1.807, 2.05) is 6.08 Å². The van der Waals surface area contributed by atoms with Crippen LogP contribution in [-0.4, -0.2) is 18.1 Å². The number of hydrogen-bond donors (Lipinski definition) is 1. The predicted molar refractivity (Wildman–Crippen MR) is 48.7 cm³/mol. The van der Waals surface area contributed by atoms with Gasteiger partial charge in [-0.1, -0.05) is 6.08 Å². The highest BCUT2D eigenvalue weighted by atomic mass is 16.5. The number of ether oxygens (including phenoxy) is 1. The van der Waals surface area contributed by atoms with Crippen LogP contribution in [0, 0.1) is 0 Å². The largest absolute Gasteiger partial charge is 0.495 e. The molecule has 2 heterocycles. The van der Waals surface area contributed by atoms with Gasteiger partial charge in [0, 0.05) is 6.54 Å². The van der Waals surface area contributed by atoms with Crippen molar-refractivity contribution in [2.45, 2.75) is 0 Å². The number of rotatable bonds is 2. The van der Waals surface area contributed by atoms with Crippen LogP contribution >= 0.6 is 0 Å². The minimum Gasteiger partial charge on any atom is -0.495 e. The first-order chi connectivity index (χ1) is 6.40. The molecule has 13 heavy (non-hydrogen) atoms. The maximum Gasteiger partial charge on any atom is 0.219 e. The third kappa shape index (κ3) is 1.62. The summed E-state index contributed by atoms with van der Waals surface area (Å²) < 4.78 is 10.4. The van der Waals surface area contributed by atoms with Crippen molar-refractivity contribution in [1.29, 1.82) is 0 Å². The van der Waals surface area contributed by atoms with Crippen LogP contribution in [0.25, 0.3) is 18.4 Å². The molecular weight excluding hydrogens is 168 g/mol. The molecule has 1 aromatic rings. The van der Waals surface area contributed by atoms with E-state index in [1.54, 1.807) is 18.4 Å². The smallest absolute Gasteiger partial charge is 0.219 e. The number of fused-ring (bicyclic) bond motifs is 1. The number of aromatic nitrogens is 1. The molecular formula is C9H10N2O2. The van der Waals surface area contributed by atoms with Gasteiger partial charge in [-0.2, -0.15) is 0 Å². The Morgan fingerprint density at radius 3 is 3.31 bits per heavy atom. The molecule has 0 saturated carbocycles. The number of nitrogens with two attached hydrogens (primary N) is 1. The lowest BCUT2D eigenvalue weighted by Crippen LogP contribution is -2.26. The minimum atomic E-state index is 0.483. The second kappa shape index (κ2) is 3.45. The normalized spacial score (nSPS) is 14.5. The lowest BCUT2D eigenvalue weighted by atomic mass is 10.5. The van der Waals surface area contributed by atoms with E-state index in [1.165, 1.54) is 0 Å². The zero-order chi connectivity index (χ0) is 9.10. The zero-order valence-electron chi connectivity index (χ0n) is 7.06. The van der Waals surface area contributed by atoms with Crippen LogP contribution in [0.4, 0.5) is 0 Å². The van der Waals surface area contributed by atoms with Gasteiger partial charge < -0.3 is 14.9 Å². The van der Waals surface area contributed by atoms with Gasteiger partial charge in [-0.3, -0.25) is 0 Å². The first kappa shape index (κ1) is 8.07. The second-order valence-electron chi connectivity index (χ2n) is 2.59. The third-order valence-electron chi connectivity index (χ3n) is 1.65. The molecule has 0 saturated heterocycles. The van der Waals surface area contributed by atoms with Gasteiger partial charge >= 0.3 is 0 Å². The fourth-order valence-corrected chi connectivity index (χ4v) is 1.08. The summed E-state index contributed by atoms with van der Waals surface area (Å²) in [5.74, 6) is 0.563. The van der Waals surface area contributed by atoms with E-state index in [2.05, 4.69) is 4.98 Å². The average Bonchev–Trinajstić information content (AvgIpc) is 2.57. The van der Waals surface area contributed by atoms with Crippen molar-refractivity contribution in [3.8, 4) is 0 Å². The van der Waals surface area contributed by atoms with E-state index in [0.29, 0.717) is 19.0 Å². The van der Waals surface area contributed by atoms with Crippen molar-refractivity contribution in [3.05, 3.63) is 22.7 Å². The van der Waals surface area contributed by atoms with Gasteiger partial charge in [0.15, 0.2) is 5.42 Å². The fraction of sp³-hybridized carbons (Fsp3) is 0.222. The molecule has 1 aromatic heterocycles. The Morgan fingerprint density at radius 1 is 1.62 bits per heavy atom. The van der Waals surface area contributed by atoms with E-state index in [0.717, 1.165) is 10.8 Å². The van der Waals surface area contributed by atoms with E-state index in [-0.39, 0.29) is 0 Å². The van der Waals surface area contributed by atoms with Crippen LogP contribution in [0.15, 0.2) is 10.5 Å². The zero-order valence-corrected chi connectivity index (χ0v) is 7.06. The van der Waals surface area contributed by atoms with Crippen molar-refractivity contribution < 1.29 is 9.15 Å². The van der Waals surface area contributed by atoms with E-state index in [9.17, 15) is 0 Å². The Kier molecular flexibility index (Phi) is 2.14.